The van der Waals surface area contributed by atoms with E-state index in [1.165, 1.54) is 0 Å². The molecule has 1 aromatic carbocycles. The predicted molar refractivity (Wildman–Crippen MR) is 79.2 cm³/mol. The second-order valence-corrected chi connectivity index (χ2v) is 5.17. The van der Waals surface area contributed by atoms with E-state index in [-0.39, 0.29) is 6.04 Å². The summed E-state index contributed by atoms with van der Waals surface area (Å²) in [5.41, 5.74) is 8.34. The minimum atomic E-state index is -0.264. The number of aromatic nitrogens is 2. The van der Waals surface area contributed by atoms with Crippen molar-refractivity contribution in [2.75, 3.05) is 7.11 Å². The van der Waals surface area contributed by atoms with E-state index in [1.807, 2.05) is 28.9 Å². The number of ether oxygens (including phenoxy) is 1. The molecule has 0 aliphatic heterocycles. The number of halogens is 1. The van der Waals surface area contributed by atoms with Gasteiger partial charge in [-0.15, -0.1) is 0 Å². The summed E-state index contributed by atoms with van der Waals surface area (Å²) in [5, 5.41) is 4.35. The SMILES string of the molecule is CCCn1ncc(OC)c1C(N)c1ccccc1Br. The van der Waals surface area contributed by atoms with Crippen LogP contribution in [0.25, 0.3) is 0 Å². The predicted octanol–water partition coefficient (Wildman–Crippen LogP) is 3.11. The van der Waals surface area contributed by atoms with Crippen LogP contribution in [0.2, 0.25) is 0 Å². The molecule has 19 heavy (non-hydrogen) atoms. The van der Waals surface area contributed by atoms with Crippen molar-refractivity contribution in [2.45, 2.75) is 25.9 Å². The lowest BCUT2D eigenvalue weighted by Gasteiger charge is -2.17. The molecule has 2 aromatic rings. The second kappa shape index (κ2) is 6.21. The molecular weight excluding hydrogens is 306 g/mol. The first-order valence-electron chi connectivity index (χ1n) is 6.28. The molecule has 4 nitrogen and oxygen atoms in total. The molecule has 0 bridgehead atoms. The smallest absolute Gasteiger partial charge is 0.161 e. The largest absolute Gasteiger partial charge is 0.493 e. The lowest BCUT2D eigenvalue weighted by atomic mass is 10.0. The Labute approximate surface area is 121 Å². The Morgan fingerprint density at radius 1 is 1.42 bits per heavy atom. The van der Waals surface area contributed by atoms with Gasteiger partial charge in [0.15, 0.2) is 5.75 Å². The van der Waals surface area contributed by atoms with Crippen molar-refractivity contribution < 1.29 is 4.74 Å². The summed E-state index contributed by atoms with van der Waals surface area (Å²) in [4.78, 5) is 0. The fourth-order valence-corrected chi connectivity index (χ4v) is 2.64. The Balaban J connectivity index is 2.45. The summed E-state index contributed by atoms with van der Waals surface area (Å²) in [6.07, 6.45) is 2.72. The van der Waals surface area contributed by atoms with Gasteiger partial charge in [0.1, 0.15) is 5.69 Å². The van der Waals surface area contributed by atoms with Gasteiger partial charge in [0.25, 0.3) is 0 Å². The highest BCUT2D eigenvalue weighted by Gasteiger charge is 2.21. The number of nitrogens with zero attached hydrogens (tertiary/aromatic N) is 2. The summed E-state index contributed by atoms with van der Waals surface area (Å²) < 4.78 is 8.29. The number of benzene rings is 1. The molecule has 1 aromatic heterocycles. The Bertz CT molecular complexity index is 553. The van der Waals surface area contributed by atoms with E-state index in [4.69, 9.17) is 10.5 Å². The molecule has 1 atom stereocenters. The zero-order valence-corrected chi connectivity index (χ0v) is 12.7. The van der Waals surface area contributed by atoms with Crippen molar-refractivity contribution in [2.24, 2.45) is 5.73 Å². The highest BCUT2D eigenvalue weighted by molar-refractivity contribution is 9.10. The maximum Gasteiger partial charge on any atom is 0.161 e. The van der Waals surface area contributed by atoms with Gasteiger partial charge >= 0.3 is 0 Å². The van der Waals surface area contributed by atoms with Gasteiger partial charge < -0.3 is 10.5 Å². The molecule has 5 heteroatoms. The lowest BCUT2D eigenvalue weighted by molar-refractivity contribution is 0.404. The number of methoxy groups -OCH3 is 1. The molecular formula is C14H18BrN3O. The molecule has 0 spiro atoms. The van der Waals surface area contributed by atoms with Gasteiger partial charge in [-0.05, 0) is 18.1 Å². The minimum absolute atomic E-state index is 0.264. The van der Waals surface area contributed by atoms with Gasteiger partial charge in [-0.1, -0.05) is 41.1 Å². The van der Waals surface area contributed by atoms with Crippen LogP contribution in [0, 0.1) is 0 Å². The van der Waals surface area contributed by atoms with E-state index in [0.29, 0.717) is 0 Å². The van der Waals surface area contributed by atoms with Gasteiger partial charge in [0.2, 0.25) is 0 Å². The van der Waals surface area contributed by atoms with Gasteiger partial charge in [0, 0.05) is 11.0 Å². The third-order valence-corrected chi connectivity index (χ3v) is 3.76. The molecule has 102 valence electrons. The number of hydrogen-bond donors (Lipinski definition) is 1. The first-order chi connectivity index (χ1) is 9.19. The number of hydrogen-bond acceptors (Lipinski definition) is 3. The zero-order chi connectivity index (χ0) is 13.8. The average molecular weight is 324 g/mol. The van der Waals surface area contributed by atoms with Crippen LogP contribution in [0.3, 0.4) is 0 Å². The zero-order valence-electron chi connectivity index (χ0n) is 11.1. The fraction of sp³-hybridized carbons (Fsp3) is 0.357. The maximum absolute atomic E-state index is 6.40. The summed E-state index contributed by atoms with van der Waals surface area (Å²) in [5.74, 6) is 0.733. The van der Waals surface area contributed by atoms with Crippen LogP contribution in [0.1, 0.15) is 30.6 Å². The third-order valence-electron chi connectivity index (χ3n) is 3.04. The van der Waals surface area contributed by atoms with Crippen LogP contribution in [-0.2, 0) is 6.54 Å². The molecule has 0 amide bonds. The minimum Gasteiger partial charge on any atom is -0.493 e. The van der Waals surface area contributed by atoms with E-state index in [2.05, 4.69) is 28.0 Å². The van der Waals surface area contributed by atoms with Gasteiger partial charge in [-0.2, -0.15) is 5.10 Å². The van der Waals surface area contributed by atoms with Crippen LogP contribution in [-0.4, -0.2) is 16.9 Å². The molecule has 2 N–H and O–H groups in total. The topological polar surface area (TPSA) is 53.1 Å². The highest BCUT2D eigenvalue weighted by Crippen LogP contribution is 2.31. The van der Waals surface area contributed by atoms with E-state index in [0.717, 1.165) is 34.4 Å². The van der Waals surface area contributed by atoms with E-state index in [9.17, 15) is 0 Å². The first kappa shape index (κ1) is 14.1. The number of nitrogens with two attached hydrogens (primary N) is 1. The van der Waals surface area contributed by atoms with Crippen LogP contribution < -0.4 is 10.5 Å². The van der Waals surface area contributed by atoms with Gasteiger partial charge in [-0.3, -0.25) is 4.68 Å². The molecule has 0 saturated carbocycles. The van der Waals surface area contributed by atoms with Crippen molar-refractivity contribution in [3.8, 4) is 5.75 Å². The Morgan fingerprint density at radius 3 is 2.79 bits per heavy atom. The maximum atomic E-state index is 6.40. The van der Waals surface area contributed by atoms with Crippen LogP contribution in [0.5, 0.6) is 5.75 Å². The van der Waals surface area contributed by atoms with E-state index < -0.39 is 0 Å². The molecule has 0 fully saturated rings. The fourth-order valence-electron chi connectivity index (χ4n) is 2.11. The number of rotatable bonds is 5. The second-order valence-electron chi connectivity index (χ2n) is 4.32. The molecule has 0 saturated heterocycles. The standard InChI is InChI=1S/C14H18BrN3O/c1-3-8-18-14(12(19-2)9-17-18)13(16)10-6-4-5-7-11(10)15/h4-7,9,13H,3,8,16H2,1-2H3. The van der Waals surface area contributed by atoms with Crippen LogP contribution in [0.15, 0.2) is 34.9 Å². The van der Waals surface area contributed by atoms with Crippen molar-refractivity contribution in [3.05, 3.63) is 46.2 Å². The van der Waals surface area contributed by atoms with Crippen molar-refractivity contribution in [3.63, 3.8) is 0 Å². The Hall–Kier alpha value is -1.33. The summed E-state index contributed by atoms with van der Waals surface area (Å²) in [6, 6.07) is 7.69. The summed E-state index contributed by atoms with van der Waals surface area (Å²) in [7, 11) is 1.64. The van der Waals surface area contributed by atoms with E-state index >= 15 is 0 Å². The van der Waals surface area contributed by atoms with Crippen LogP contribution >= 0.6 is 15.9 Å². The Kier molecular flexibility index (Phi) is 4.61. The quantitative estimate of drug-likeness (QED) is 0.919. The lowest BCUT2D eigenvalue weighted by Crippen LogP contribution is -2.18. The molecule has 0 aliphatic rings. The molecule has 2 rings (SSSR count). The molecule has 0 radical (unpaired) electrons. The van der Waals surface area contributed by atoms with E-state index in [1.54, 1.807) is 13.3 Å². The normalized spacial score (nSPS) is 12.4. The number of aryl methyl sites for hydroxylation is 1. The van der Waals surface area contributed by atoms with Crippen LogP contribution in [0.4, 0.5) is 0 Å². The highest BCUT2D eigenvalue weighted by atomic mass is 79.9. The van der Waals surface area contributed by atoms with Gasteiger partial charge in [-0.25, -0.2) is 0 Å². The van der Waals surface area contributed by atoms with Crippen molar-refractivity contribution >= 4 is 15.9 Å². The summed E-state index contributed by atoms with van der Waals surface area (Å²) in [6.45, 7) is 2.94. The van der Waals surface area contributed by atoms with Gasteiger partial charge in [0.05, 0.1) is 19.3 Å². The summed E-state index contributed by atoms with van der Waals surface area (Å²) >= 11 is 3.54. The molecule has 1 heterocycles. The first-order valence-corrected chi connectivity index (χ1v) is 7.08. The van der Waals surface area contributed by atoms with Crippen molar-refractivity contribution in [1.82, 2.24) is 9.78 Å². The molecule has 1 unspecified atom stereocenters. The third kappa shape index (κ3) is 2.82. The molecule has 0 aliphatic carbocycles. The van der Waals surface area contributed by atoms with Crippen molar-refractivity contribution in [1.29, 1.82) is 0 Å². The average Bonchev–Trinajstić information content (AvgIpc) is 2.82. The Morgan fingerprint density at radius 2 is 2.16 bits per heavy atom. The monoisotopic (exact) mass is 323 g/mol.